The summed E-state index contributed by atoms with van der Waals surface area (Å²) in [4.78, 5) is 25.2. The predicted octanol–water partition coefficient (Wildman–Crippen LogP) is 0.899. The molecular weight excluding hydrogens is 248 g/mol. The minimum Gasteiger partial charge on any atom is -0.469 e. The first-order valence-corrected chi connectivity index (χ1v) is 6.62. The summed E-state index contributed by atoms with van der Waals surface area (Å²) >= 11 is 0. The zero-order chi connectivity index (χ0) is 14.2. The zero-order valence-corrected chi connectivity index (χ0v) is 11.9. The molecule has 108 valence electrons. The third kappa shape index (κ3) is 3.18. The van der Waals surface area contributed by atoms with E-state index in [0.717, 1.165) is 6.42 Å². The highest BCUT2D eigenvalue weighted by Gasteiger charge is 2.48. The molecule has 1 amide bonds. The Morgan fingerprint density at radius 1 is 1.37 bits per heavy atom. The first-order valence-electron chi connectivity index (χ1n) is 6.62. The Kier molecular flexibility index (Phi) is 3.71. The molecule has 3 unspecified atom stereocenters. The number of likely N-dealkylation sites (tertiary alicyclic amines) is 1. The molecule has 0 aromatic heterocycles. The van der Waals surface area contributed by atoms with Gasteiger partial charge in [0.05, 0.1) is 19.6 Å². The molecule has 0 aromatic rings. The van der Waals surface area contributed by atoms with Gasteiger partial charge in [0.15, 0.2) is 0 Å². The second-order valence-electron chi connectivity index (χ2n) is 6.19. The molecule has 0 aliphatic carbocycles. The predicted molar refractivity (Wildman–Crippen MR) is 68.7 cm³/mol. The SMILES string of the molecule is COC(=O)CC1NC2CC1N(C(=O)OC(C)(C)C)C2. The van der Waals surface area contributed by atoms with Gasteiger partial charge in [0, 0.05) is 18.6 Å². The topological polar surface area (TPSA) is 67.9 Å². The number of esters is 1. The maximum Gasteiger partial charge on any atom is 0.410 e. The van der Waals surface area contributed by atoms with Crippen molar-refractivity contribution in [1.82, 2.24) is 10.2 Å². The smallest absolute Gasteiger partial charge is 0.410 e. The fraction of sp³-hybridized carbons (Fsp3) is 0.846. The number of amides is 1. The van der Waals surface area contributed by atoms with Crippen molar-refractivity contribution in [2.45, 2.75) is 57.3 Å². The Labute approximate surface area is 113 Å². The van der Waals surface area contributed by atoms with Crippen LogP contribution in [0.2, 0.25) is 0 Å². The number of nitrogens with one attached hydrogen (secondary N) is 1. The molecular formula is C13H22N2O4. The number of methoxy groups -OCH3 is 1. The van der Waals surface area contributed by atoms with Gasteiger partial charge in [-0.15, -0.1) is 0 Å². The summed E-state index contributed by atoms with van der Waals surface area (Å²) in [5.74, 6) is -0.255. The molecule has 2 saturated heterocycles. The molecule has 2 rings (SSSR count). The summed E-state index contributed by atoms with van der Waals surface area (Å²) in [6, 6.07) is 0.254. The van der Waals surface area contributed by atoms with Crippen molar-refractivity contribution in [1.29, 1.82) is 0 Å². The van der Waals surface area contributed by atoms with Crippen molar-refractivity contribution in [3.63, 3.8) is 0 Å². The molecule has 19 heavy (non-hydrogen) atoms. The Morgan fingerprint density at radius 2 is 2.05 bits per heavy atom. The molecule has 2 fully saturated rings. The van der Waals surface area contributed by atoms with Crippen LogP contribution in [-0.2, 0) is 14.3 Å². The number of carbonyl (C=O) groups is 2. The third-order valence-corrected chi connectivity index (χ3v) is 3.50. The molecule has 1 N–H and O–H groups in total. The van der Waals surface area contributed by atoms with Gasteiger partial charge in [0.1, 0.15) is 5.60 Å². The molecule has 2 heterocycles. The van der Waals surface area contributed by atoms with Gasteiger partial charge in [-0.3, -0.25) is 4.79 Å². The van der Waals surface area contributed by atoms with E-state index >= 15 is 0 Å². The Hall–Kier alpha value is -1.30. The monoisotopic (exact) mass is 270 g/mol. The van der Waals surface area contributed by atoms with Crippen LogP contribution in [-0.4, -0.2) is 54.3 Å². The van der Waals surface area contributed by atoms with Crippen LogP contribution < -0.4 is 5.32 Å². The Morgan fingerprint density at radius 3 is 2.58 bits per heavy atom. The lowest BCUT2D eigenvalue weighted by Crippen LogP contribution is -2.54. The van der Waals surface area contributed by atoms with E-state index in [-0.39, 0.29) is 36.6 Å². The van der Waals surface area contributed by atoms with E-state index in [0.29, 0.717) is 6.54 Å². The standard InChI is InChI=1S/C13H22N2O4/c1-13(2,3)19-12(17)15-7-8-5-10(15)9(14-8)6-11(16)18-4/h8-10,14H,5-7H2,1-4H3. The largest absolute Gasteiger partial charge is 0.469 e. The van der Waals surface area contributed by atoms with Crippen LogP contribution in [0.25, 0.3) is 0 Å². The molecule has 2 aliphatic rings. The molecule has 2 aliphatic heterocycles. The van der Waals surface area contributed by atoms with Crippen LogP contribution in [0.4, 0.5) is 4.79 Å². The van der Waals surface area contributed by atoms with Crippen molar-refractivity contribution >= 4 is 12.1 Å². The van der Waals surface area contributed by atoms with E-state index in [1.165, 1.54) is 7.11 Å². The average molecular weight is 270 g/mol. The van der Waals surface area contributed by atoms with Gasteiger partial charge in [-0.05, 0) is 27.2 Å². The van der Waals surface area contributed by atoms with Gasteiger partial charge in [-0.25, -0.2) is 4.79 Å². The fourth-order valence-electron chi connectivity index (χ4n) is 2.77. The maximum atomic E-state index is 12.1. The molecule has 0 radical (unpaired) electrons. The van der Waals surface area contributed by atoms with Crippen LogP contribution in [0.15, 0.2) is 0 Å². The summed E-state index contributed by atoms with van der Waals surface area (Å²) < 4.78 is 10.1. The van der Waals surface area contributed by atoms with Gasteiger partial charge in [-0.2, -0.15) is 0 Å². The van der Waals surface area contributed by atoms with Crippen LogP contribution in [0.1, 0.15) is 33.6 Å². The van der Waals surface area contributed by atoms with E-state index in [2.05, 4.69) is 10.1 Å². The highest BCUT2D eigenvalue weighted by Crippen LogP contribution is 2.31. The minimum atomic E-state index is -0.496. The van der Waals surface area contributed by atoms with Crippen LogP contribution >= 0.6 is 0 Å². The van der Waals surface area contributed by atoms with Crippen molar-refractivity contribution in [3.05, 3.63) is 0 Å². The highest BCUT2D eigenvalue weighted by atomic mass is 16.6. The van der Waals surface area contributed by atoms with Gasteiger partial charge >= 0.3 is 12.1 Å². The lowest BCUT2D eigenvalue weighted by atomic mass is 10.1. The molecule has 0 aromatic carbocycles. The lowest BCUT2D eigenvalue weighted by molar-refractivity contribution is -0.141. The summed E-state index contributed by atoms with van der Waals surface area (Å²) in [7, 11) is 1.38. The van der Waals surface area contributed by atoms with Crippen LogP contribution in [0.5, 0.6) is 0 Å². The molecule has 0 saturated carbocycles. The van der Waals surface area contributed by atoms with Crippen molar-refractivity contribution in [2.75, 3.05) is 13.7 Å². The number of piperazine rings is 1. The second kappa shape index (κ2) is 5.00. The molecule has 2 bridgehead atoms. The van der Waals surface area contributed by atoms with Gasteiger partial charge in [0.2, 0.25) is 0 Å². The van der Waals surface area contributed by atoms with E-state index in [1.807, 2.05) is 20.8 Å². The number of ether oxygens (including phenoxy) is 2. The van der Waals surface area contributed by atoms with E-state index in [9.17, 15) is 9.59 Å². The zero-order valence-electron chi connectivity index (χ0n) is 11.9. The average Bonchev–Trinajstić information content (AvgIpc) is 2.85. The molecule has 0 spiro atoms. The normalized spacial score (nSPS) is 29.5. The number of fused-ring (bicyclic) bond motifs is 2. The van der Waals surface area contributed by atoms with Crippen molar-refractivity contribution in [3.8, 4) is 0 Å². The highest BCUT2D eigenvalue weighted by molar-refractivity contribution is 5.72. The first kappa shape index (κ1) is 14.1. The molecule has 3 atom stereocenters. The number of carbonyl (C=O) groups excluding carboxylic acids is 2. The van der Waals surface area contributed by atoms with Crippen LogP contribution in [0, 0.1) is 0 Å². The first-order chi connectivity index (χ1) is 8.80. The number of hydrogen-bond acceptors (Lipinski definition) is 5. The fourth-order valence-corrected chi connectivity index (χ4v) is 2.77. The summed E-state index contributed by atoms with van der Waals surface area (Å²) in [6.07, 6.45) is 0.870. The van der Waals surface area contributed by atoms with Crippen LogP contribution in [0.3, 0.4) is 0 Å². The Bertz CT molecular complexity index is 377. The Balaban J connectivity index is 1.97. The second-order valence-corrected chi connectivity index (χ2v) is 6.19. The number of nitrogens with zero attached hydrogens (tertiary/aromatic N) is 1. The summed E-state index contributed by atoms with van der Waals surface area (Å²) in [5.41, 5.74) is -0.496. The van der Waals surface area contributed by atoms with Crippen molar-refractivity contribution < 1.29 is 19.1 Å². The number of rotatable bonds is 2. The van der Waals surface area contributed by atoms with E-state index < -0.39 is 5.60 Å². The number of hydrogen-bond donors (Lipinski definition) is 1. The van der Waals surface area contributed by atoms with E-state index in [1.54, 1.807) is 4.90 Å². The van der Waals surface area contributed by atoms with Gasteiger partial charge in [-0.1, -0.05) is 0 Å². The van der Waals surface area contributed by atoms with Crippen molar-refractivity contribution in [2.24, 2.45) is 0 Å². The quantitative estimate of drug-likeness (QED) is 0.755. The lowest BCUT2D eigenvalue weighted by Gasteiger charge is -2.34. The van der Waals surface area contributed by atoms with Gasteiger partial charge in [0.25, 0.3) is 0 Å². The molecule has 6 nitrogen and oxygen atoms in total. The summed E-state index contributed by atoms with van der Waals surface area (Å²) in [5, 5.41) is 3.35. The van der Waals surface area contributed by atoms with Gasteiger partial charge < -0.3 is 19.7 Å². The molecule has 6 heteroatoms. The minimum absolute atomic E-state index is 0.0268. The maximum absolute atomic E-state index is 12.1. The third-order valence-electron chi connectivity index (χ3n) is 3.50. The van der Waals surface area contributed by atoms with E-state index in [4.69, 9.17) is 4.74 Å². The summed E-state index contributed by atoms with van der Waals surface area (Å²) in [6.45, 7) is 6.20.